The number of halogens is 1. The van der Waals surface area contributed by atoms with Gasteiger partial charge in [-0.05, 0) is 37.1 Å². The Morgan fingerprint density at radius 2 is 2.32 bits per heavy atom. The number of nitrogens with one attached hydrogen (secondary N) is 1. The smallest absolute Gasteiger partial charge is 0.129 e. The third-order valence-corrected chi connectivity index (χ3v) is 4.78. The number of nitrogens with zero attached hydrogens (tertiary/aromatic N) is 1. The molecule has 0 radical (unpaired) electrons. The predicted octanol–water partition coefficient (Wildman–Crippen LogP) is 3.46. The molecule has 0 heterocycles. The number of benzene rings is 1. The van der Waals surface area contributed by atoms with Crippen LogP contribution in [-0.4, -0.2) is 17.0 Å². The van der Waals surface area contributed by atoms with Crippen molar-refractivity contribution in [1.82, 2.24) is 5.32 Å². The fourth-order valence-electron chi connectivity index (χ4n) is 2.53. The van der Waals surface area contributed by atoms with Gasteiger partial charge in [-0.25, -0.2) is 4.39 Å². The van der Waals surface area contributed by atoms with E-state index in [1.54, 1.807) is 12.1 Å². The molecule has 1 saturated carbocycles. The number of hydrogen-bond donors (Lipinski definition) is 1. The summed E-state index contributed by atoms with van der Waals surface area (Å²) < 4.78 is 13.7. The van der Waals surface area contributed by atoms with Gasteiger partial charge >= 0.3 is 0 Å². The molecule has 19 heavy (non-hydrogen) atoms. The second-order valence-electron chi connectivity index (χ2n) is 4.89. The minimum absolute atomic E-state index is 0.288. The van der Waals surface area contributed by atoms with Gasteiger partial charge < -0.3 is 5.32 Å². The van der Waals surface area contributed by atoms with Crippen LogP contribution in [0, 0.1) is 17.1 Å². The van der Waals surface area contributed by atoms with E-state index in [9.17, 15) is 4.39 Å². The van der Waals surface area contributed by atoms with Crippen molar-refractivity contribution in [3.05, 3.63) is 35.1 Å². The molecular weight excluding hydrogens is 259 g/mol. The summed E-state index contributed by atoms with van der Waals surface area (Å²) in [5.41, 5.74) is 1.02. The lowest BCUT2D eigenvalue weighted by Gasteiger charge is -2.13. The number of nitriles is 1. The summed E-state index contributed by atoms with van der Waals surface area (Å²) in [5.74, 6) is 0.880. The standard InChI is InChI=1S/C15H19FN2S/c1-2-19-14-6-5-13(8-14)18-10-12-4-3-11(9-17)7-15(12)16/h3-4,7,13-14,18H,2,5-6,8,10H2,1H3. The normalized spacial score (nSPS) is 22.4. The summed E-state index contributed by atoms with van der Waals surface area (Å²) in [6.45, 7) is 2.74. The monoisotopic (exact) mass is 278 g/mol. The van der Waals surface area contributed by atoms with E-state index in [0.29, 0.717) is 23.7 Å². The molecule has 4 heteroatoms. The topological polar surface area (TPSA) is 35.8 Å². The van der Waals surface area contributed by atoms with Gasteiger partial charge in [-0.1, -0.05) is 13.0 Å². The Morgan fingerprint density at radius 1 is 1.47 bits per heavy atom. The first-order chi connectivity index (χ1) is 9.22. The van der Waals surface area contributed by atoms with Crippen LogP contribution < -0.4 is 5.32 Å². The second kappa shape index (κ2) is 6.93. The third-order valence-electron chi connectivity index (χ3n) is 3.55. The first kappa shape index (κ1) is 14.4. The Bertz CT molecular complexity index is 470. The molecule has 1 aliphatic carbocycles. The minimum Gasteiger partial charge on any atom is -0.310 e. The predicted molar refractivity (Wildman–Crippen MR) is 77.5 cm³/mol. The summed E-state index contributed by atoms with van der Waals surface area (Å²) in [6, 6.07) is 7.13. The Hall–Kier alpha value is -1.05. The molecule has 0 bridgehead atoms. The van der Waals surface area contributed by atoms with Crippen molar-refractivity contribution in [2.75, 3.05) is 5.75 Å². The highest BCUT2D eigenvalue weighted by Crippen LogP contribution is 2.29. The quantitative estimate of drug-likeness (QED) is 0.896. The van der Waals surface area contributed by atoms with Gasteiger partial charge in [0.1, 0.15) is 5.82 Å². The van der Waals surface area contributed by atoms with E-state index in [4.69, 9.17) is 5.26 Å². The molecule has 0 saturated heterocycles. The zero-order chi connectivity index (χ0) is 13.7. The molecule has 1 aromatic carbocycles. The highest BCUT2D eigenvalue weighted by molar-refractivity contribution is 7.99. The minimum atomic E-state index is -0.288. The van der Waals surface area contributed by atoms with Crippen molar-refractivity contribution in [3.8, 4) is 6.07 Å². The van der Waals surface area contributed by atoms with E-state index in [1.165, 1.54) is 31.1 Å². The van der Waals surface area contributed by atoms with Crippen LogP contribution in [0.1, 0.15) is 37.3 Å². The van der Waals surface area contributed by atoms with Crippen LogP contribution >= 0.6 is 11.8 Å². The molecule has 2 nitrogen and oxygen atoms in total. The SMILES string of the molecule is CCSC1CCC(NCc2ccc(C#N)cc2F)C1. The fourth-order valence-corrected chi connectivity index (χ4v) is 3.67. The van der Waals surface area contributed by atoms with Crippen LogP contribution in [0.25, 0.3) is 0 Å². The van der Waals surface area contributed by atoms with Crippen LogP contribution in [0.4, 0.5) is 4.39 Å². The zero-order valence-corrected chi connectivity index (χ0v) is 12.0. The van der Waals surface area contributed by atoms with Crippen molar-refractivity contribution >= 4 is 11.8 Å². The fraction of sp³-hybridized carbons (Fsp3) is 0.533. The summed E-state index contributed by atoms with van der Waals surface area (Å²) in [7, 11) is 0. The highest BCUT2D eigenvalue weighted by atomic mass is 32.2. The molecule has 2 unspecified atom stereocenters. The molecule has 0 spiro atoms. The highest BCUT2D eigenvalue weighted by Gasteiger charge is 2.24. The van der Waals surface area contributed by atoms with Crippen molar-refractivity contribution in [1.29, 1.82) is 5.26 Å². The molecule has 1 N–H and O–H groups in total. The van der Waals surface area contributed by atoms with Crippen LogP contribution in [0.2, 0.25) is 0 Å². The maximum atomic E-state index is 13.7. The molecular formula is C15H19FN2S. The number of rotatable bonds is 5. The Morgan fingerprint density at radius 3 is 3.00 bits per heavy atom. The number of hydrogen-bond acceptors (Lipinski definition) is 3. The van der Waals surface area contributed by atoms with Gasteiger partial charge in [0.05, 0.1) is 11.6 Å². The molecule has 1 aliphatic rings. The van der Waals surface area contributed by atoms with E-state index in [0.717, 1.165) is 5.25 Å². The van der Waals surface area contributed by atoms with E-state index in [-0.39, 0.29) is 5.82 Å². The zero-order valence-electron chi connectivity index (χ0n) is 11.2. The molecule has 1 aromatic rings. The van der Waals surface area contributed by atoms with E-state index in [2.05, 4.69) is 12.2 Å². The number of thioether (sulfide) groups is 1. The van der Waals surface area contributed by atoms with Gasteiger partial charge in [0.2, 0.25) is 0 Å². The Balaban J connectivity index is 1.85. The van der Waals surface area contributed by atoms with Crippen LogP contribution in [0.3, 0.4) is 0 Å². The van der Waals surface area contributed by atoms with E-state index < -0.39 is 0 Å². The average molecular weight is 278 g/mol. The second-order valence-corrected chi connectivity index (χ2v) is 6.46. The average Bonchev–Trinajstić information content (AvgIpc) is 2.85. The molecule has 1 fully saturated rings. The summed E-state index contributed by atoms with van der Waals surface area (Å²) in [5, 5.41) is 12.9. The lowest BCUT2D eigenvalue weighted by molar-refractivity contribution is 0.509. The largest absolute Gasteiger partial charge is 0.310 e. The Labute approximate surface area is 118 Å². The van der Waals surface area contributed by atoms with Gasteiger partial charge in [-0.2, -0.15) is 17.0 Å². The van der Waals surface area contributed by atoms with Gasteiger partial charge in [-0.15, -0.1) is 0 Å². The van der Waals surface area contributed by atoms with Crippen molar-refractivity contribution in [2.24, 2.45) is 0 Å². The maximum absolute atomic E-state index is 13.7. The van der Waals surface area contributed by atoms with E-state index >= 15 is 0 Å². The summed E-state index contributed by atoms with van der Waals surface area (Å²) in [4.78, 5) is 0. The van der Waals surface area contributed by atoms with Crippen molar-refractivity contribution in [3.63, 3.8) is 0 Å². The van der Waals surface area contributed by atoms with Gasteiger partial charge in [0.25, 0.3) is 0 Å². The van der Waals surface area contributed by atoms with Crippen molar-refractivity contribution < 1.29 is 4.39 Å². The van der Waals surface area contributed by atoms with Crippen molar-refractivity contribution in [2.45, 2.75) is 44.0 Å². The molecule has 2 atom stereocenters. The van der Waals surface area contributed by atoms with Crippen LogP contribution in [-0.2, 0) is 6.54 Å². The van der Waals surface area contributed by atoms with Gasteiger partial charge in [0, 0.05) is 23.4 Å². The maximum Gasteiger partial charge on any atom is 0.129 e. The lowest BCUT2D eigenvalue weighted by Crippen LogP contribution is -2.26. The molecule has 2 rings (SSSR count). The molecule has 0 aromatic heterocycles. The first-order valence-electron chi connectivity index (χ1n) is 6.76. The van der Waals surface area contributed by atoms with Gasteiger partial charge in [-0.3, -0.25) is 0 Å². The molecule has 0 amide bonds. The van der Waals surface area contributed by atoms with Crippen LogP contribution in [0.15, 0.2) is 18.2 Å². The van der Waals surface area contributed by atoms with E-state index in [1.807, 2.05) is 17.8 Å². The van der Waals surface area contributed by atoms with Gasteiger partial charge in [0.15, 0.2) is 0 Å². The lowest BCUT2D eigenvalue weighted by atomic mass is 10.1. The summed E-state index contributed by atoms with van der Waals surface area (Å²) >= 11 is 2.02. The summed E-state index contributed by atoms with van der Waals surface area (Å²) in [6.07, 6.45) is 3.61. The molecule has 0 aliphatic heterocycles. The van der Waals surface area contributed by atoms with Crippen LogP contribution in [0.5, 0.6) is 0 Å². The third kappa shape index (κ3) is 3.95. The Kier molecular flexibility index (Phi) is 5.24. The first-order valence-corrected chi connectivity index (χ1v) is 7.81. The molecule has 102 valence electrons.